The van der Waals surface area contributed by atoms with E-state index in [1.165, 1.54) is 19.5 Å². The van der Waals surface area contributed by atoms with Crippen LogP contribution in [0.4, 0.5) is 5.82 Å². The van der Waals surface area contributed by atoms with Crippen LogP contribution in [-0.2, 0) is 11.3 Å². The van der Waals surface area contributed by atoms with Crippen molar-refractivity contribution in [1.29, 1.82) is 0 Å². The highest BCUT2D eigenvalue weighted by atomic mass is 16.5. The lowest BCUT2D eigenvalue weighted by Gasteiger charge is -2.09. The number of hydrogen-bond acceptors (Lipinski definition) is 6. The Hall–Kier alpha value is -2.63. The zero-order valence-electron chi connectivity index (χ0n) is 11.3. The van der Waals surface area contributed by atoms with Crippen molar-refractivity contribution in [2.45, 2.75) is 6.54 Å². The number of aromatic nitrogens is 2. The first kappa shape index (κ1) is 13.8. The number of carbonyl (C=O) groups is 1. The van der Waals surface area contributed by atoms with Gasteiger partial charge < -0.3 is 14.8 Å². The van der Waals surface area contributed by atoms with E-state index in [1.807, 2.05) is 24.3 Å². The Morgan fingerprint density at radius 2 is 2.00 bits per heavy atom. The predicted molar refractivity (Wildman–Crippen MR) is 73.7 cm³/mol. The fraction of sp³-hybridized carbons (Fsp3) is 0.214. The smallest absolute Gasteiger partial charge is 0.358 e. The van der Waals surface area contributed by atoms with Crippen LogP contribution in [0, 0.1) is 0 Å². The third kappa shape index (κ3) is 3.23. The van der Waals surface area contributed by atoms with Gasteiger partial charge >= 0.3 is 5.97 Å². The summed E-state index contributed by atoms with van der Waals surface area (Å²) in [6.45, 7) is 0.552. The summed E-state index contributed by atoms with van der Waals surface area (Å²) < 4.78 is 9.82. The molecule has 0 atom stereocenters. The first-order chi connectivity index (χ1) is 9.74. The second-order valence-corrected chi connectivity index (χ2v) is 3.94. The van der Waals surface area contributed by atoms with Gasteiger partial charge in [0.15, 0.2) is 5.69 Å². The van der Waals surface area contributed by atoms with Crippen LogP contribution in [0.25, 0.3) is 0 Å². The summed E-state index contributed by atoms with van der Waals surface area (Å²) in [5, 5.41) is 3.11. The first-order valence-electron chi connectivity index (χ1n) is 6.00. The summed E-state index contributed by atoms with van der Waals surface area (Å²) in [6, 6.07) is 7.70. The van der Waals surface area contributed by atoms with Crippen LogP contribution in [0.15, 0.2) is 36.7 Å². The molecule has 0 unspecified atom stereocenters. The third-order valence-corrected chi connectivity index (χ3v) is 2.70. The summed E-state index contributed by atoms with van der Waals surface area (Å²) >= 11 is 0. The van der Waals surface area contributed by atoms with Crippen molar-refractivity contribution in [3.63, 3.8) is 0 Å². The number of esters is 1. The molecule has 0 radical (unpaired) electrons. The van der Waals surface area contributed by atoms with Gasteiger partial charge in [0.25, 0.3) is 0 Å². The second-order valence-electron chi connectivity index (χ2n) is 3.94. The topological polar surface area (TPSA) is 73.3 Å². The maximum absolute atomic E-state index is 11.2. The van der Waals surface area contributed by atoms with Crippen LogP contribution in [0.2, 0.25) is 0 Å². The molecule has 0 spiro atoms. The number of nitrogens with zero attached hydrogens (tertiary/aromatic N) is 2. The highest BCUT2D eigenvalue weighted by Gasteiger charge is 2.07. The van der Waals surface area contributed by atoms with Crippen molar-refractivity contribution in [2.75, 3.05) is 19.5 Å². The standard InChI is InChI=1S/C14H15N3O3/c1-19-12-6-4-3-5-10(12)7-16-13-9-15-11(8-17-13)14(18)20-2/h3-6,8-9H,7H2,1-2H3,(H,16,17). The van der Waals surface area contributed by atoms with Crippen molar-refractivity contribution in [1.82, 2.24) is 9.97 Å². The van der Waals surface area contributed by atoms with Crippen LogP contribution < -0.4 is 10.1 Å². The predicted octanol–water partition coefficient (Wildman–Crippen LogP) is 1.88. The van der Waals surface area contributed by atoms with Crippen LogP contribution >= 0.6 is 0 Å². The Balaban J connectivity index is 2.02. The van der Waals surface area contributed by atoms with Crippen LogP contribution in [0.5, 0.6) is 5.75 Å². The van der Waals surface area contributed by atoms with Gasteiger partial charge in [0, 0.05) is 12.1 Å². The number of anilines is 1. The fourth-order valence-electron chi connectivity index (χ4n) is 1.66. The van der Waals surface area contributed by atoms with Gasteiger partial charge in [-0.3, -0.25) is 0 Å². The van der Waals surface area contributed by atoms with Crippen LogP contribution in [0.1, 0.15) is 16.1 Å². The molecule has 1 N–H and O–H groups in total. The Labute approximate surface area is 116 Å². The SMILES string of the molecule is COC(=O)c1cnc(NCc2ccccc2OC)cn1. The molecule has 1 heterocycles. The summed E-state index contributed by atoms with van der Waals surface area (Å²) in [7, 11) is 2.93. The van der Waals surface area contributed by atoms with Gasteiger partial charge in [-0.2, -0.15) is 0 Å². The summed E-state index contributed by atoms with van der Waals surface area (Å²) in [4.78, 5) is 19.3. The van der Waals surface area contributed by atoms with Crippen LogP contribution in [-0.4, -0.2) is 30.2 Å². The van der Waals surface area contributed by atoms with Gasteiger partial charge in [0.05, 0.1) is 26.6 Å². The van der Waals surface area contributed by atoms with Crippen molar-refractivity contribution >= 4 is 11.8 Å². The third-order valence-electron chi connectivity index (χ3n) is 2.70. The Morgan fingerprint density at radius 3 is 2.65 bits per heavy atom. The maximum atomic E-state index is 11.2. The van der Waals surface area contributed by atoms with E-state index in [9.17, 15) is 4.79 Å². The van der Waals surface area contributed by atoms with Gasteiger partial charge in [-0.1, -0.05) is 18.2 Å². The molecule has 1 aromatic heterocycles. The Kier molecular flexibility index (Phi) is 4.49. The van der Waals surface area contributed by atoms with Crippen molar-refractivity contribution in [2.24, 2.45) is 0 Å². The Morgan fingerprint density at radius 1 is 1.20 bits per heavy atom. The van der Waals surface area contributed by atoms with Crippen molar-refractivity contribution < 1.29 is 14.3 Å². The number of hydrogen-bond donors (Lipinski definition) is 1. The number of benzene rings is 1. The van der Waals surface area contributed by atoms with Gasteiger partial charge in [-0.15, -0.1) is 0 Å². The highest BCUT2D eigenvalue weighted by Crippen LogP contribution is 2.18. The monoisotopic (exact) mass is 273 g/mol. The minimum absolute atomic E-state index is 0.176. The molecule has 20 heavy (non-hydrogen) atoms. The minimum atomic E-state index is -0.506. The van der Waals surface area contributed by atoms with Gasteiger partial charge in [-0.05, 0) is 6.07 Å². The van der Waals surface area contributed by atoms with Gasteiger partial charge in [0.2, 0.25) is 0 Å². The molecular weight excluding hydrogens is 258 g/mol. The van der Waals surface area contributed by atoms with E-state index >= 15 is 0 Å². The molecule has 2 rings (SSSR count). The van der Waals surface area contributed by atoms with E-state index in [1.54, 1.807) is 7.11 Å². The summed E-state index contributed by atoms with van der Waals surface area (Å²) in [5.41, 5.74) is 1.18. The molecule has 0 amide bonds. The number of rotatable bonds is 5. The Bertz CT molecular complexity index is 584. The summed E-state index contributed by atoms with van der Waals surface area (Å²) in [6.07, 6.45) is 2.86. The molecule has 0 bridgehead atoms. The molecule has 104 valence electrons. The lowest BCUT2D eigenvalue weighted by atomic mass is 10.2. The maximum Gasteiger partial charge on any atom is 0.358 e. The molecule has 6 nitrogen and oxygen atoms in total. The molecule has 1 aromatic carbocycles. The highest BCUT2D eigenvalue weighted by molar-refractivity contribution is 5.86. The number of ether oxygens (including phenoxy) is 2. The average Bonchev–Trinajstić information content (AvgIpc) is 2.53. The molecule has 0 saturated heterocycles. The molecule has 0 saturated carbocycles. The van der Waals surface area contributed by atoms with Crippen molar-refractivity contribution in [3.8, 4) is 5.75 Å². The molecule has 2 aromatic rings. The van der Waals surface area contributed by atoms with E-state index < -0.39 is 5.97 Å². The minimum Gasteiger partial charge on any atom is -0.496 e. The molecular formula is C14H15N3O3. The fourth-order valence-corrected chi connectivity index (χ4v) is 1.66. The quantitative estimate of drug-likeness (QED) is 0.838. The second kappa shape index (κ2) is 6.51. The van der Waals surface area contributed by atoms with E-state index in [-0.39, 0.29) is 5.69 Å². The molecule has 0 aliphatic carbocycles. The van der Waals surface area contributed by atoms with Crippen molar-refractivity contribution in [3.05, 3.63) is 47.9 Å². The first-order valence-corrected chi connectivity index (χ1v) is 6.00. The zero-order valence-corrected chi connectivity index (χ0v) is 11.3. The molecule has 0 fully saturated rings. The lowest BCUT2D eigenvalue weighted by molar-refractivity contribution is 0.0593. The van der Waals surface area contributed by atoms with E-state index in [2.05, 4.69) is 20.0 Å². The van der Waals surface area contributed by atoms with E-state index in [0.29, 0.717) is 12.4 Å². The lowest BCUT2D eigenvalue weighted by Crippen LogP contribution is -2.07. The van der Waals surface area contributed by atoms with E-state index in [4.69, 9.17) is 4.74 Å². The van der Waals surface area contributed by atoms with Gasteiger partial charge in [-0.25, -0.2) is 14.8 Å². The number of carbonyl (C=O) groups excluding carboxylic acids is 1. The molecule has 0 aliphatic rings. The molecule has 0 aliphatic heterocycles. The zero-order chi connectivity index (χ0) is 14.4. The average molecular weight is 273 g/mol. The molecule has 6 heteroatoms. The normalized spacial score (nSPS) is 9.90. The van der Waals surface area contributed by atoms with Crippen LogP contribution in [0.3, 0.4) is 0 Å². The number of methoxy groups -OCH3 is 2. The van der Waals surface area contributed by atoms with E-state index in [0.717, 1.165) is 11.3 Å². The number of nitrogens with one attached hydrogen (secondary N) is 1. The summed E-state index contributed by atoms with van der Waals surface area (Å²) in [5.74, 6) is 0.872. The van der Waals surface area contributed by atoms with Gasteiger partial charge in [0.1, 0.15) is 11.6 Å². The largest absolute Gasteiger partial charge is 0.496 e. The number of para-hydroxylation sites is 1.